The molecular weight excluding hydrogens is 440 g/mol. The van der Waals surface area contributed by atoms with E-state index in [4.69, 9.17) is 4.74 Å². The number of ether oxygens (including phenoxy) is 1. The van der Waals surface area contributed by atoms with Crippen LogP contribution in [0.4, 0.5) is 0 Å². The fraction of sp³-hybridized carbons (Fsp3) is 0.571. The van der Waals surface area contributed by atoms with E-state index in [1.165, 1.54) is 6.42 Å². The van der Waals surface area contributed by atoms with Crippen LogP contribution in [0.1, 0.15) is 83.7 Å². The van der Waals surface area contributed by atoms with E-state index < -0.39 is 0 Å². The monoisotopic (exact) mass is 476 g/mol. The number of amides is 2. The first-order chi connectivity index (χ1) is 16.9. The average molecular weight is 477 g/mol. The van der Waals surface area contributed by atoms with Gasteiger partial charge in [0.15, 0.2) is 0 Å². The molecule has 186 valence electrons. The van der Waals surface area contributed by atoms with Gasteiger partial charge < -0.3 is 15.4 Å². The number of carbonyl (C=O) groups is 2. The van der Waals surface area contributed by atoms with Crippen LogP contribution in [-0.4, -0.2) is 46.6 Å². The first-order valence-electron chi connectivity index (χ1n) is 12.9. The summed E-state index contributed by atoms with van der Waals surface area (Å²) in [5.41, 5.74) is 2.15. The summed E-state index contributed by atoms with van der Waals surface area (Å²) in [4.78, 5) is 35.5. The predicted molar refractivity (Wildman–Crippen MR) is 133 cm³/mol. The van der Waals surface area contributed by atoms with Crippen LogP contribution >= 0.6 is 0 Å². The molecule has 4 bridgehead atoms. The summed E-state index contributed by atoms with van der Waals surface area (Å²) < 4.78 is 5.12. The predicted octanol–water partition coefficient (Wildman–Crippen LogP) is 4.01. The Morgan fingerprint density at radius 2 is 1.51 bits per heavy atom. The van der Waals surface area contributed by atoms with Crippen molar-refractivity contribution >= 4 is 11.8 Å². The molecule has 0 aromatic carbocycles. The van der Waals surface area contributed by atoms with E-state index in [0.717, 1.165) is 69.4 Å². The molecule has 2 aromatic heterocycles. The molecule has 2 aromatic rings. The van der Waals surface area contributed by atoms with Crippen molar-refractivity contribution in [3.8, 4) is 0 Å². The molecule has 4 aliphatic carbocycles. The van der Waals surface area contributed by atoms with E-state index >= 15 is 0 Å². The fourth-order valence-electron chi connectivity index (χ4n) is 7.13. The third-order valence-corrected chi connectivity index (χ3v) is 8.01. The standard InChI is InChI=1S/C28H36N4O3/c1-19-7-5-10-23(29-19)25(33)31-27-14-20-13-21(15-27)17-28(16-20,18-27)32-26(34)24-11-6-9-22(30-24)8-3-4-12-35-2/h5-7,9-11,20-21H,3-4,8,12-18H2,1-2H3,(H,31,33)(H,32,34). The maximum atomic E-state index is 13.4. The van der Waals surface area contributed by atoms with Gasteiger partial charge in [-0.25, -0.2) is 9.97 Å². The molecule has 4 aliphatic rings. The lowest BCUT2D eigenvalue weighted by Crippen LogP contribution is -2.70. The summed E-state index contributed by atoms with van der Waals surface area (Å²) in [6.45, 7) is 2.64. The van der Waals surface area contributed by atoms with Crippen LogP contribution in [-0.2, 0) is 11.2 Å². The molecular formula is C28H36N4O3. The van der Waals surface area contributed by atoms with Gasteiger partial charge >= 0.3 is 0 Å². The number of aryl methyl sites for hydroxylation is 2. The highest BCUT2D eigenvalue weighted by Gasteiger charge is 2.58. The second-order valence-electron chi connectivity index (χ2n) is 11.1. The number of rotatable bonds is 9. The van der Waals surface area contributed by atoms with E-state index in [1.54, 1.807) is 19.2 Å². The Balaban J connectivity index is 1.29. The largest absolute Gasteiger partial charge is 0.385 e. The smallest absolute Gasteiger partial charge is 0.270 e. The SMILES string of the molecule is COCCCCc1cccc(C(=O)NC23CC4CC(CC(NC(=O)c5cccc(C)n5)(C4)C2)C3)n1. The zero-order valence-electron chi connectivity index (χ0n) is 20.8. The lowest BCUT2D eigenvalue weighted by Gasteiger charge is -2.62. The summed E-state index contributed by atoms with van der Waals surface area (Å²) in [7, 11) is 1.71. The highest BCUT2D eigenvalue weighted by molar-refractivity contribution is 5.93. The third kappa shape index (κ3) is 5.25. The maximum absolute atomic E-state index is 13.4. The number of aromatic nitrogens is 2. The minimum absolute atomic E-state index is 0.104. The summed E-state index contributed by atoms with van der Waals surface area (Å²) >= 11 is 0. The van der Waals surface area contributed by atoms with E-state index in [9.17, 15) is 9.59 Å². The minimum Gasteiger partial charge on any atom is -0.385 e. The van der Waals surface area contributed by atoms with E-state index in [1.807, 2.05) is 31.2 Å². The highest BCUT2D eigenvalue weighted by Crippen LogP contribution is 2.57. The second kappa shape index (κ2) is 9.69. The van der Waals surface area contributed by atoms with Gasteiger partial charge in [-0.05, 0) is 101 Å². The number of unbranched alkanes of at least 4 members (excludes halogenated alkanes) is 1. The van der Waals surface area contributed by atoms with Gasteiger partial charge in [-0.3, -0.25) is 9.59 Å². The van der Waals surface area contributed by atoms with Crippen molar-refractivity contribution in [3.05, 3.63) is 59.2 Å². The van der Waals surface area contributed by atoms with E-state index in [0.29, 0.717) is 23.2 Å². The number of carbonyl (C=O) groups excluding carboxylic acids is 2. The number of nitrogens with zero attached hydrogens (tertiary/aromatic N) is 2. The Hall–Kier alpha value is -2.80. The van der Waals surface area contributed by atoms with Crippen LogP contribution < -0.4 is 10.6 Å². The Bertz CT molecular complexity index is 1090. The molecule has 6 rings (SSSR count). The van der Waals surface area contributed by atoms with Gasteiger partial charge in [-0.1, -0.05) is 12.1 Å². The molecule has 2 amide bonds. The summed E-state index contributed by atoms with van der Waals surface area (Å²) in [6.07, 6.45) is 8.67. The number of nitrogens with one attached hydrogen (secondary N) is 2. The van der Waals surface area contributed by atoms with Crippen LogP contribution in [0.3, 0.4) is 0 Å². The molecule has 0 aliphatic heterocycles. The zero-order chi connectivity index (χ0) is 24.5. The Labute approximate surface area is 207 Å². The van der Waals surface area contributed by atoms with Crippen molar-refractivity contribution in [2.24, 2.45) is 11.8 Å². The van der Waals surface area contributed by atoms with Crippen LogP contribution in [0.15, 0.2) is 36.4 Å². The molecule has 0 saturated heterocycles. The molecule has 7 nitrogen and oxygen atoms in total. The number of hydrogen-bond donors (Lipinski definition) is 2. The Morgan fingerprint density at radius 3 is 2.11 bits per heavy atom. The fourth-order valence-corrected chi connectivity index (χ4v) is 7.13. The van der Waals surface area contributed by atoms with Crippen molar-refractivity contribution in [2.45, 2.75) is 75.8 Å². The van der Waals surface area contributed by atoms with Crippen LogP contribution in [0.2, 0.25) is 0 Å². The molecule has 4 saturated carbocycles. The van der Waals surface area contributed by atoms with Crippen LogP contribution in [0, 0.1) is 18.8 Å². The first-order valence-corrected chi connectivity index (χ1v) is 12.9. The van der Waals surface area contributed by atoms with Gasteiger partial charge in [0.05, 0.1) is 0 Å². The Morgan fingerprint density at radius 1 is 0.914 bits per heavy atom. The molecule has 4 fully saturated rings. The molecule has 7 heteroatoms. The molecule has 2 unspecified atom stereocenters. The van der Waals surface area contributed by atoms with Gasteiger partial charge in [0, 0.05) is 36.2 Å². The quantitative estimate of drug-likeness (QED) is 0.534. The van der Waals surface area contributed by atoms with Crippen molar-refractivity contribution in [2.75, 3.05) is 13.7 Å². The molecule has 2 N–H and O–H groups in total. The van der Waals surface area contributed by atoms with Gasteiger partial charge in [-0.15, -0.1) is 0 Å². The van der Waals surface area contributed by atoms with E-state index in [-0.39, 0.29) is 22.9 Å². The number of hydrogen-bond acceptors (Lipinski definition) is 5. The van der Waals surface area contributed by atoms with Gasteiger partial charge in [-0.2, -0.15) is 0 Å². The topological polar surface area (TPSA) is 93.2 Å². The summed E-state index contributed by atoms with van der Waals surface area (Å²) in [6, 6.07) is 11.2. The molecule has 2 heterocycles. The van der Waals surface area contributed by atoms with Crippen molar-refractivity contribution in [1.29, 1.82) is 0 Å². The molecule has 2 atom stereocenters. The van der Waals surface area contributed by atoms with Crippen molar-refractivity contribution in [1.82, 2.24) is 20.6 Å². The van der Waals surface area contributed by atoms with Gasteiger partial charge in [0.1, 0.15) is 11.4 Å². The molecule has 35 heavy (non-hydrogen) atoms. The maximum Gasteiger partial charge on any atom is 0.270 e. The second-order valence-corrected chi connectivity index (χ2v) is 11.1. The van der Waals surface area contributed by atoms with Crippen molar-refractivity contribution < 1.29 is 14.3 Å². The lowest BCUT2D eigenvalue weighted by molar-refractivity contribution is -0.0449. The summed E-state index contributed by atoms with van der Waals surface area (Å²) in [5, 5.41) is 6.77. The number of methoxy groups -OCH3 is 1. The van der Waals surface area contributed by atoms with Crippen LogP contribution in [0.25, 0.3) is 0 Å². The highest BCUT2D eigenvalue weighted by atomic mass is 16.5. The van der Waals surface area contributed by atoms with Crippen LogP contribution in [0.5, 0.6) is 0 Å². The van der Waals surface area contributed by atoms with Gasteiger partial charge in [0.25, 0.3) is 11.8 Å². The number of pyridine rings is 2. The minimum atomic E-state index is -0.287. The van der Waals surface area contributed by atoms with Gasteiger partial charge in [0.2, 0.25) is 0 Å². The molecule has 0 radical (unpaired) electrons. The van der Waals surface area contributed by atoms with Crippen molar-refractivity contribution in [3.63, 3.8) is 0 Å². The zero-order valence-corrected chi connectivity index (χ0v) is 20.8. The first kappa shape index (κ1) is 23.9. The normalized spacial score (nSPS) is 28.6. The summed E-state index contributed by atoms with van der Waals surface area (Å²) in [5.74, 6) is 0.817. The lowest BCUT2D eigenvalue weighted by atomic mass is 9.49. The molecule has 0 spiro atoms. The Kier molecular flexibility index (Phi) is 6.62. The van der Waals surface area contributed by atoms with E-state index in [2.05, 4.69) is 20.6 Å². The third-order valence-electron chi connectivity index (χ3n) is 8.01. The average Bonchev–Trinajstić information content (AvgIpc) is 2.80.